The molecule has 23 heavy (non-hydrogen) atoms. The molecule has 10 heteroatoms. The normalized spacial score (nSPS) is 10.9. The number of aryl methyl sites for hydroxylation is 2. The van der Waals surface area contributed by atoms with Gasteiger partial charge in [0.25, 0.3) is 0 Å². The van der Waals surface area contributed by atoms with E-state index in [1.54, 1.807) is 31.2 Å². The average Bonchev–Trinajstić information content (AvgIpc) is 3.11. The Morgan fingerprint density at radius 2 is 2.00 bits per heavy atom. The van der Waals surface area contributed by atoms with E-state index < -0.39 is 4.92 Å². The second-order valence-electron chi connectivity index (χ2n) is 4.75. The van der Waals surface area contributed by atoms with Crippen LogP contribution in [0.25, 0.3) is 17.2 Å². The zero-order valence-electron chi connectivity index (χ0n) is 12.3. The molecule has 0 atom stereocenters. The van der Waals surface area contributed by atoms with Crippen molar-refractivity contribution >= 4 is 17.3 Å². The van der Waals surface area contributed by atoms with Gasteiger partial charge in [0.2, 0.25) is 5.82 Å². The first-order valence-corrected chi connectivity index (χ1v) is 7.17. The molecule has 0 N–H and O–H groups in total. The van der Waals surface area contributed by atoms with Crippen LogP contribution in [0.2, 0.25) is 5.02 Å². The molecule has 3 rings (SSSR count). The maximum absolute atomic E-state index is 11.4. The molecule has 9 nitrogen and oxygen atoms in total. The van der Waals surface area contributed by atoms with Crippen molar-refractivity contribution in [2.24, 2.45) is 0 Å². The van der Waals surface area contributed by atoms with E-state index in [1.165, 1.54) is 9.36 Å². The highest BCUT2D eigenvalue weighted by Crippen LogP contribution is 2.32. The number of nitro groups is 1. The first-order valence-electron chi connectivity index (χ1n) is 6.79. The number of benzene rings is 1. The van der Waals surface area contributed by atoms with Gasteiger partial charge in [0.15, 0.2) is 5.69 Å². The van der Waals surface area contributed by atoms with Crippen molar-refractivity contribution in [3.8, 4) is 17.2 Å². The predicted molar refractivity (Wildman–Crippen MR) is 82.5 cm³/mol. The Kier molecular flexibility index (Phi) is 3.78. The Hall–Kier alpha value is -2.81. The molecule has 0 amide bonds. The molecular formula is C13H12ClN7O2. The van der Waals surface area contributed by atoms with E-state index in [1.807, 2.05) is 6.92 Å². The highest BCUT2D eigenvalue weighted by Gasteiger charge is 2.30. The Morgan fingerprint density at radius 3 is 2.61 bits per heavy atom. The van der Waals surface area contributed by atoms with Gasteiger partial charge in [-0.15, -0.1) is 5.10 Å². The molecule has 0 saturated carbocycles. The lowest BCUT2D eigenvalue weighted by atomic mass is 10.2. The van der Waals surface area contributed by atoms with Gasteiger partial charge in [-0.2, -0.15) is 9.78 Å². The number of hydrogen-bond donors (Lipinski definition) is 0. The fourth-order valence-corrected chi connectivity index (χ4v) is 2.46. The Morgan fingerprint density at radius 1 is 1.30 bits per heavy atom. The van der Waals surface area contributed by atoms with Crippen molar-refractivity contribution in [1.29, 1.82) is 0 Å². The highest BCUT2D eigenvalue weighted by atomic mass is 35.5. The van der Waals surface area contributed by atoms with Crippen LogP contribution in [-0.2, 0) is 6.54 Å². The van der Waals surface area contributed by atoms with E-state index in [0.29, 0.717) is 22.9 Å². The summed E-state index contributed by atoms with van der Waals surface area (Å²) in [5, 5.41) is 27.7. The van der Waals surface area contributed by atoms with Crippen LogP contribution in [0.15, 0.2) is 24.3 Å². The number of hydrogen-bond acceptors (Lipinski definition) is 6. The van der Waals surface area contributed by atoms with Crippen LogP contribution in [-0.4, -0.2) is 34.9 Å². The van der Waals surface area contributed by atoms with Crippen LogP contribution in [0.4, 0.5) is 5.69 Å². The summed E-state index contributed by atoms with van der Waals surface area (Å²) in [5.41, 5.74) is 1.13. The molecule has 0 aliphatic carbocycles. The van der Waals surface area contributed by atoms with Crippen LogP contribution in [0, 0.1) is 17.0 Å². The topological polar surface area (TPSA) is 105 Å². The molecule has 3 aromatic rings. The van der Waals surface area contributed by atoms with Crippen LogP contribution >= 0.6 is 11.6 Å². The number of halogens is 1. The molecule has 0 spiro atoms. The molecule has 0 bridgehead atoms. The fourth-order valence-electron chi connectivity index (χ4n) is 2.33. The molecule has 0 unspecified atom stereocenters. The monoisotopic (exact) mass is 333 g/mol. The Balaban J connectivity index is 2.23. The lowest BCUT2D eigenvalue weighted by Gasteiger charge is -2.06. The summed E-state index contributed by atoms with van der Waals surface area (Å²) in [6.07, 6.45) is 0. The van der Waals surface area contributed by atoms with Gasteiger partial charge in [0, 0.05) is 11.6 Å². The Bertz CT molecular complexity index is 869. The highest BCUT2D eigenvalue weighted by molar-refractivity contribution is 6.30. The fraction of sp³-hybridized carbons (Fsp3) is 0.231. The summed E-state index contributed by atoms with van der Waals surface area (Å²) in [5.74, 6) is 0.251. The van der Waals surface area contributed by atoms with Crippen molar-refractivity contribution in [2.75, 3.05) is 0 Å². The lowest BCUT2D eigenvalue weighted by Crippen LogP contribution is -2.06. The lowest BCUT2D eigenvalue weighted by molar-refractivity contribution is -0.384. The summed E-state index contributed by atoms with van der Waals surface area (Å²) in [7, 11) is 0. The third kappa shape index (κ3) is 2.55. The number of aromatic nitrogens is 6. The van der Waals surface area contributed by atoms with E-state index >= 15 is 0 Å². The smallest absolute Gasteiger partial charge is 0.258 e. The van der Waals surface area contributed by atoms with Gasteiger partial charge in [-0.05, 0) is 48.5 Å². The average molecular weight is 334 g/mol. The summed E-state index contributed by atoms with van der Waals surface area (Å²) in [4.78, 5) is 10.9. The molecule has 0 aliphatic heterocycles. The molecule has 118 valence electrons. The van der Waals surface area contributed by atoms with Crippen molar-refractivity contribution in [3.05, 3.63) is 45.1 Å². The van der Waals surface area contributed by atoms with Crippen LogP contribution in [0.3, 0.4) is 0 Å². The molecule has 0 saturated heterocycles. The first-order chi connectivity index (χ1) is 11.0. The predicted octanol–water partition coefficient (Wildman–Crippen LogP) is 2.42. The molecule has 0 fully saturated rings. The number of rotatable bonds is 4. The minimum absolute atomic E-state index is 0.100. The quantitative estimate of drug-likeness (QED) is 0.536. The molecule has 2 heterocycles. The van der Waals surface area contributed by atoms with Gasteiger partial charge in [0.05, 0.1) is 10.6 Å². The largest absolute Gasteiger partial charge is 0.321 e. The molecular weight excluding hydrogens is 322 g/mol. The molecule has 0 radical (unpaired) electrons. The van der Waals surface area contributed by atoms with Crippen molar-refractivity contribution in [2.45, 2.75) is 20.4 Å². The van der Waals surface area contributed by atoms with Crippen molar-refractivity contribution in [3.63, 3.8) is 0 Å². The maximum atomic E-state index is 11.4. The van der Waals surface area contributed by atoms with Crippen LogP contribution in [0.1, 0.15) is 12.6 Å². The van der Waals surface area contributed by atoms with Crippen molar-refractivity contribution in [1.82, 2.24) is 30.0 Å². The zero-order valence-corrected chi connectivity index (χ0v) is 13.1. The molecule has 1 aromatic carbocycles. The second kappa shape index (κ2) is 5.76. The van der Waals surface area contributed by atoms with E-state index in [9.17, 15) is 10.1 Å². The van der Waals surface area contributed by atoms with Gasteiger partial charge >= 0.3 is 5.69 Å². The van der Waals surface area contributed by atoms with Gasteiger partial charge in [-0.3, -0.25) is 14.8 Å². The van der Waals surface area contributed by atoms with Gasteiger partial charge in [-0.1, -0.05) is 11.6 Å². The first kappa shape index (κ1) is 15.1. The third-order valence-corrected chi connectivity index (χ3v) is 3.58. The standard InChI is InChI=1S/C13H12ClN7O2/c1-3-19-12(11(21(22)23)8(2)16-19)13-15-17-18-20(13)10-6-4-9(14)5-7-10/h4-7H,3H2,1-2H3. The summed E-state index contributed by atoms with van der Waals surface area (Å²) in [6.45, 7) is 3.89. The zero-order chi connectivity index (χ0) is 16.6. The summed E-state index contributed by atoms with van der Waals surface area (Å²) < 4.78 is 2.94. The second-order valence-corrected chi connectivity index (χ2v) is 5.18. The van der Waals surface area contributed by atoms with Gasteiger partial charge in [-0.25, -0.2) is 0 Å². The number of nitrogens with zero attached hydrogens (tertiary/aromatic N) is 7. The van der Waals surface area contributed by atoms with Crippen molar-refractivity contribution < 1.29 is 4.92 Å². The minimum atomic E-state index is -0.468. The van der Waals surface area contributed by atoms with E-state index in [0.717, 1.165) is 0 Å². The summed E-state index contributed by atoms with van der Waals surface area (Å²) in [6, 6.07) is 6.85. The Labute approximate surface area is 135 Å². The minimum Gasteiger partial charge on any atom is -0.258 e. The van der Waals surface area contributed by atoms with Crippen LogP contribution < -0.4 is 0 Å². The number of tetrazole rings is 1. The maximum Gasteiger partial charge on any atom is 0.321 e. The third-order valence-electron chi connectivity index (χ3n) is 3.33. The van der Waals surface area contributed by atoms with E-state index in [4.69, 9.17) is 11.6 Å². The van der Waals surface area contributed by atoms with E-state index in [2.05, 4.69) is 20.6 Å². The SMILES string of the molecule is CCn1nc(C)c([N+](=O)[O-])c1-c1nnnn1-c1ccc(Cl)cc1. The van der Waals surface area contributed by atoms with Crippen LogP contribution in [0.5, 0.6) is 0 Å². The molecule has 2 aromatic heterocycles. The van der Waals surface area contributed by atoms with E-state index in [-0.39, 0.29) is 17.2 Å². The summed E-state index contributed by atoms with van der Waals surface area (Å²) >= 11 is 5.88. The molecule has 0 aliphatic rings. The van der Waals surface area contributed by atoms with Gasteiger partial charge < -0.3 is 0 Å². The van der Waals surface area contributed by atoms with Gasteiger partial charge in [0.1, 0.15) is 5.69 Å².